The van der Waals surface area contributed by atoms with E-state index in [1.165, 1.54) is 5.56 Å². The van der Waals surface area contributed by atoms with Crippen LogP contribution in [0.1, 0.15) is 11.6 Å². The fourth-order valence-corrected chi connectivity index (χ4v) is 2.20. The van der Waals surface area contributed by atoms with Gasteiger partial charge in [-0.25, -0.2) is 5.43 Å². The fraction of sp³-hybridized carbons (Fsp3) is 0.538. The second-order valence-corrected chi connectivity index (χ2v) is 4.37. The summed E-state index contributed by atoms with van der Waals surface area (Å²) < 4.78 is 5.02. The lowest BCUT2D eigenvalue weighted by Crippen LogP contribution is -2.30. The molecule has 2 rings (SSSR count). The fourth-order valence-electron chi connectivity index (χ4n) is 2.20. The maximum absolute atomic E-state index is 5.02. The average molecular weight is 235 g/mol. The summed E-state index contributed by atoms with van der Waals surface area (Å²) in [6.07, 6.45) is 0. The van der Waals surface area contributed by atoms with Crippen molar-refractivity contribution in [1.82, 2.24) is 16.2 Å². The highest BCUT2D eigenvalue weighted by molar-refractivity contribution is 5.20. The standard InChI is InChI=1S/C13H21N3O/c1-17-8-7-14-9-12-10-15-16-13(12)11-5-3-2-4-6-11/h2-6,12-16H,7-10H2,1H3. The Labute approximate surface area is 103 Å². The van der Waals surface area contributed by atoms with Crippen LogP contribution in [0.2, 0.25) is 0 Å². The van der Waals surface area contributed by atoms with Gasteiger partial charge < -0.3 is 10.1 Å². The molecule has 1 aromatic rings. The minimum atomic E-state index is 0.395. The van der Waals surface area contributed by atoms with E-state index in [2.05, 4.69) is 46.5 Å². The quantitative estimate of drug-likeness (QED) is 0.635. The number of methoxy groups -OCH3 is 1. The molecule has 1 aliphatic rings. The Balaban J connectivity index is 1.85. The van der Waals surface area contributed by atoms with E-state index in [1.807, 2.05) is 0 Å². The summed E-state index contributed by atoms with van der Waals surface area (Å²) in [6, 6.07) is 11.0. The van der Waals surface area contributed by atoms with Crippen LogP contribution in [-0.4, -0.2) is 33.4 Å². The lowest BCUT2D eigenvalue weighted by molar-refractivity contribution is 0.197. The predicted octanol–water partition coefficient (Wildman–Crippen LogP) is 0.688. The number of hydrazine groups is 1. The molecular weight excluding hydrogens is 214 g/mol. The Morgan fingerprint density at radius 2 is 2.18 bits per heavy atom. The third kappa shape index (κ3) is 3.51. The molecule has 0 aliphatic carbocycles. The zero-order chi connectivity index (χ0) is 11.9. The van der Waals surface area contributed by atoms with E-state index in [9.17, 15) is 0 Å². The summed E-state index contributed by atoms with van der Waals surface area (Å²) in [5.74, 6) is 0.578. The van der Waals surface area contributed by atoms with Crippen molar-refractivity contribution in [3.05, 3.63) is 35.9 Å². The van der Waals surface area contributed by atoms with Gasteiger partial charge in [0.2, 0.25) is 0 Å². The zero-order valence-corrected chi connectivity index (χ0v) is 10.3. The van der Waals surface area contributed by atoms with E-state index in [4.69, 9.17) is 4.74 Å². The van der Waals surface area contributed by atoms with E-state index in [0.29, 0.717) is 12.0 Å². The first-order valence-corrected chi connectivity index (χ1v) is 6.15. The molecule has 0 aromatic heterocycles. The van der Waals surface area contributed by atoms with E-state index in [1.54, 1.807) is 7.11 Å². The molecule has 0 spiro atoms. The van der Waals surface area contributed by atoms with Crippen molar-refractivity contribution in [2.45, 2.75) is 6.04 Å². The molecule has 0 saturated carbocycles. The first kappa shape index (κ1) is 12.5. The van der Waals surface area contributed by atoms with Gasteiger partial charge in [0, 0.05) is 32.7 Å². The van der Waals surface area contributed by atoms with Crippen molar-refractivity contribution in [1.29, 1.82) is 0 Å². The molecule has 1 fully saturated rings. The summed E-state index contributed by atoms with van der Waals surface area (Å²) >= 11 is 0. The second kappa shape index (κ2) is 6.71. The Bertz CT molecular complexity index is 318. The summed E-state index contributed by atoms with van der Waals surface area (Å²) in [6.45, 7) is 3.68. The van der Waals surface area contributed by atoms with E-state index < -0.39 is 0 Å². The van der Waals surface area contributed by atoms with Gasteiger partial charge in [0.15, 0.2) is 0 Å². The van der Waals surface area contributed by atoms with Gasteiger partial charge in [0.1, 0.15) is 0 Å². The van der Waals surface area contributed by atoms with Crippen LogP contribution in [0.3, 0.4) is 0 Å². The lowest BCUT2D eigenvalue weighted by Gasteiger charge is -2.19. The second-order valence-electron chi connectivity index (χ2n) is 4.37. The number of benzene rings is 1. The molecule has 1 saturated heterocycles. The summed E-state index contributed by atoms with van der Waals surface area (Å²) in [5.41, 5.74) is 7.93. The van der Waals surface area contributed by atoms with Crippen molar-refractivity contribution in [2.24, 2.45) is 5.92 Å². The van der Waals surface area contributed by atoms with Gasteiger partial charge in [-0.3, -0.25) is 5.43 Å². The molecular formula is C13H21N3O. The molecule has 3 N–H and O–H groups in total. The van der Waals surface area contributed by atoms with Crippen LogP contribution < -0.4 is 16.2 Å². The Morgan fingerprint density at radius 3 is 2.94 bits per heavy atom. The van der Waals surface area contributed by atoms with Crippen LogP contribution in [0.15, 0.2) is 30.3 Å². The summed E-state index contributed by atoms with van der Waals surface area (Å²) in [4.78, 5) is 0. The van der Waals surface area contributed by atoms with Crippen molar-refractivity contribution >= 4 is 0 Å². The van der Waals surface area contributed by atoms with Gasteiger partial charge in [-0.2, -0.15) is 0 Å². The number of ether oxygens (including phenoxy) is 1. The Hall–Kier alpha value is -0.940. The molecule has 0 radical (unpaired) electrons. The maximum Gasteiger partial charge on any atom is 0.0587 e. The van der Waals surface area contributed by atoms with Gasteiger partial charge in [-0.05, 0) is 5.56 Å². The molecule has 0 amide bonds. The smallest absolute Gasteiger partial charge is 0.0587 e. The highest BCUT2D eigenvalue weighted by atomic mass is 16.5. The van der Waals surface area contributed by atoms with Crippen molar-refractivity contribution in [3.8, 4) is 0 Å². The highest BCUT2D eigenvalue weighted by Crippen LogP contribution is 2.23. The maximum atomic E-state index is 5.02. The number of nitrogens with one attached hydrogen (secondary N) is 3. The topological polar surface area (TPSA) is 45.3 Å². The molecule has 1 heterocycles. The third-order valence-corrected chi connectivity index (χ3v) is 3.14. The molecule has 4 heteroatoms. The summed E-state index contributed by atoms with van der Waals surface area (Å²) in [5, 5.41) is 3.42. The van der Waals surface area contributed by atoms with Gasteiger partial charge in [-0.15, -0.1) is 0 Å². The molecule has 4 nitrogen and oxygen atoms in total. The van der Waals surface area contributed by atoms with Crippen LogP contribution in [-0.2, 0) is 4.74 Å². The largest absolute Gasteiger partial charge is 0.383 e. The van der Waals surface area contributed by atoms with Gasteiger partial charge >= 0.3 is 0 Å². The number of rotatable bonds is 6. The van der Waals surface area contributed by atoms with Gasteiger partial charge in [0.25, 0.3) is 0 Å². The van der Waals surface area contributed by atoms with Gasteiger partial charge in [-0.1, -0.05) is 30.3 Å². The monoisotopic (exact) mass is 235 g/mol. The van der Waals surface area contributed by atoms with Crippen LogP contribution in [0, 0.1) is 5.92 Å². The molecule has 0 bridgehead atoms. The minimum absolute atomic E-state index is 0.395. The number of hydrogen-bond donors (Lipinski definition) is 3. The molecule has 17 heavy (non-hydrogen) atoms. The van der Waals surface area contributed by atoms with Crippen molar-refractivity contribution in [3.63, 3.8) is 0 Å². The zero-order valence-electron chi connectivity index (χ0n) is 10.3. The first-order chi connectivity index (χ1) is 8.42. The molecule has 1 aliphatic heterocycles. The lowest BCUT2D eigenvalue weighted by atomic mass is 9.95. The van der Waals surface area contributed by atoms with E-state index in [0.717, 1.165) is 26.2 Å². The third-order valence-electron chi connectivity index (χ3n) is 3.14. The molecule has 1 aromatic carbocycles. The van der Waals surface area contributed by atoms with Crippen molar-refractivity contribution in [2.75, 3.05) is 33.4 Å². The van der Waals surface area contributed by atoms with Crippen LogP contribution >= 0.6 is 0 Å². The van der Waals surface area contributed by atoms with Crippen LogP contribution in [0.25, 0.3) is 0 Å². The van der Waals surface area contributed by atoms with Crippen molar-refractivity contribution < 1.29 is 4.74 Å². The normalized spacial score (nSPS) is 24.1. The predicted molar refractivity (Wildman–Crippen MR) is 68.6 cm³/mol. The Morgan fingerprint density at radius 1 is 1.35 bits per heavy atom. The van der Waals surface area contributed by atoms with Gasteiger partial charge in [0.05, 0.1) is 12.6 Å². The molecule has 94 valence electrons. The first-order valence-electron chi connectivity index (χ1n) is 6.15. The van der Waals surface area contributed by atoms with E-state index in [-0.39, 0.29) is 0 Å². The van der Waals surface area contributed by atoms with Crippen LogP contribution in [0.5, 0.6) is 0 Å². The molecule has 2 atom stereocenters. The SMILES string of the molecule is COCCNCC1CNNC1c1ccccc1. The Kier molecular flexibility index (Phi) is 4.94. The highest BCUT2D eigenvalue weighted by Gasteiger charge is 2.27. The minimum Gasteiger partial charge on any atom is -0.383 e. The van der Waals surface area contributed by atoms with Crippen LogP contribution in [0.4, 0.5) is 0 Å². The average Bonchev–Trinajstić information content (AvgIpc) is 2.84. The summed E-state index contributed by atoms with van der Waals surface area (Å²) in [7, 11) is 1.73. The number of hydrogen-bond acceptors (Lipinski definition) is 4. The molecule has 2 unspecified atom stereocenters. The van der Waals surface area contributed by atoms with E-state index >= 15 is 0 Å².